The molecule has 0 fully saturated rings. The lowest BCUT2D eigenvalue weighted by Gasteiger charge is -2.11. The van der Waals surface area contributed by atoms with Gasteiger partial charge in [-0.1, -0.05) is 30.3 Å². The average molecular weight is 425 g/mol. The number of nitrogens with one attached hydrogen (secondary N) is 2. The Bertz CT molecular complexity index is 1130. The first-order valence-corrected chi connectivity index (χ1v) is 11.1. The van der Waals surface area contributed by atoms with Gasteiger partial charge in [-0.15, -0.1) is 0 Å². The highest BCUT2D eigenvalue weighted by molar-refractivity contribution is 7.92. The summed E-state index contributed by atoms with van der Waals surface area (Å²) in [6.45, 7) is 4.66. The largest absolute Gasteiger partial charge is 0.494 e. The fourth-order valence-electron chi connectivity index (χ4n) is 2.87. The van der Waals surface area contributed by atoms with Crippen molar-refractivity contribution in [2.24, 2.45) is 0 Å². The van der Waals surface area contributed by atoms with E-state index < -0.39 is 10.0 Å². The second-order valence-corrected chi connectivity index (χ2v) is 8.39. The van der Waals surface area contributed by atoms with Crippen molar-refractivity contribution < 1.29 is 17.9 Å². The van der Waals surface area contributed by atoms with Crippen LogP contribution in [-0.2, 0) is 16.6 Å². The molecule has 3 aromatic rings. The highest BCUT2D eigenvalue weighted by atomic mass is 32.2. The van der Waals surface area contributed by atoms with Crippen LogP contribution in [0.2, 0.25) is 0 Å². The molecule has 3 aromatic carbocycles. The molecule has 0 spiro atoms. The summed E-state index contributed by atoms with van der Waals surface area (Å²) in [5.74, 6) is 0.465. The Morgan fingerprint density at radius 3 is 2.40 bits per heavy atom. The summed E-state index contributed by atoms with van der Waals surface area (Å²) in [6.07, 6.45) is 0. The molecule has 6 nitrogen and oxygen atoms in total. The second-order valence-electron chi connectivity index (χ2n) is 6.71. The predicted molar refractivity (Wildman–Crippen MR) is 117 cm³/mol. The van der Waals surface area contributed by atoms with Crippen LogP contribution in [0.25, 0.3) is 0 Å². The van der Waals surface area contributed by atoms with Gasteiger partial charge in [-0.3, -0.25) is 9.52 Å². The van der Waals surface area contributed by atoms with Crippen LogP contribution in [0.5, 0.6) is 5.75 Å². The van der Waals surface area contributed by atoms with Crippen molar-refractivity contribution in [3.8, 4) is 5.75 Å². The minimum absolute atomic E-state index is 0.0896. The van der Waals surface area contributed by atoms with Crippen molar-refractivity contribution >= 4 is 21.6 Å². The van der Waals surface area contributed by atoms with E-state index >= 15 is 0 Å². The van der Waals surface area contributed by atoms with E-state index in [-0.39, 0.29) is 10.8 Å². The quantitative estimate of drug-likeness (QED) is 0.570. The van der Waals surface area contributed by atoms with Gasteiger partial charge in [0.2, 0.25) is 0 Å². The molecule has 0 aliphatic rings. The van der Waals surface area contributed by atoms with Crippen LogP contribution >= 0.6 is 0 Å². The molecular weight excluding hydrogens is 400 g/mol. The van der Waals surface area contributed by atoms with Crippen LogP contribution in [0.15, 0.2) is 77.7 Å². The number of carbonyl (C=O) groups is 1. The molecule has 0 bridgehead atoms. The van der Waals surface area contributed by atoms with E-state index in [1.165, 1.54) is 24.3 Å². The van der Waals surface area contributed by atoms with Crippen molar-refractivity contribution in [3.05, 3.63) is 89.5 Å². The molecule has 1 amide bonds. The number of para-hydroxylation sites is 1. The molecule has 0 atom stereocenters. The number of rotatable bonds is 8. The van der Waals surface area contributed by atoms with E-state index in [0.717, 1.165) is 16.9 Å². The van der Waals surface area contributed by atoms with E-state index in [0.29, 0.717) is 24.4 Å². The first kappa shape index (κ1) is 21.4. The highest BCUT2D eigenvalue weighted by Crippen LogP contribution is 2.20. The van der Waals surface area contributed by atoms with E-state index in [1.807, 2.05) is 50.2 Å². The third kappa shape index (κ3) is 5.39. The summed E-state index contributed by atoms with van der Waals surface area (Å²) < 4.78 is 33.2. The van der Waals surface area contributed by atoms with Crippen molar-refractivity contribution in [2.75, 3.05) is 11.3 Å². The number of sulfonamides is 1. The fourth-order valence-corrected chi connectivity index (χ4v) is 4.00. The Morgan fingerprint density at radius 2 is 1.70 bits per heavy atom. The van der Waals surface area contributed by atoms with Crippen molar-refractivity contribution in [1.29, 1.82) is 0 Å². The van der Waals surface area contributed by atoms with Gasteiger partial charge >= 0.3 is 0 Å². The van der Waals surface area contributed by atoms with E-state index in [9.17, 15) is 13.2 Å². The number of amides is 1. The predicted octanol–water partition coefficient (Wildman–Crippen LogP) is 4.12. The summed E-state index contributed by atoms with van der Waals surface area (Å²) in [7, 11) is -3.74. The third-order valence-electron chi connectivity index (χ3n) is 4.48. The zero-order valence-electron chi connectivity index (χ0n) is 16.9. The van der Waals surface area contributed by atoms with Gasteiger partial charge in [0.1, 0.15) is 5.75 Å². The molecular formula is C23H24N2O4S. The maximum Gasteiger partial charge on any atom is 0.261 e. The molecule has 0 saturated carbocycles. The summed E-state index contributed by atoms with van der Waals surface area (Å²) in [5, 5.41) is 2.83. The number of carbonyl (C=O) groups excluding carboxylic acids is 1. The maximum absolute atomic E-state index is 12.6. The van der Waals surface area contributed by atoms with Gasteiger partial charge in [0.15, 0.2) is 0 Å². The van der Waals surface area contributed by atoms with Gasteiger partial charge in [0, 0.05) is 12.1 Å². The lowest BCUT2D eigenvalue weighted by atomic mass is 10.2. The zero-order valence-corrected chi connectivity index (χ0v) is 17.7. The SMILES string of the molecule is CCOc1cccc(CNC(=O)c2ccc(S(=O)(=O)Nc3ccccc3C)cc2)c1. The van der Waals surface area contributed by atoms with Crippen LogP contribution in [0.4, 0.5) is 5.69 Å². The number of anilines is 1. The molecule has 0 saturated heterocycles. The zero-order chi connectivity index (χ0) is 21.6. The lowest BCUT2D eigenvalue weighted by molar-refractivity contribution is 0.0950. The second kappa shape index (κ2) is 9.45. The maximum atomic E-state index is 12.6. The Kier molecular flexibility index (Phi) is 6.74. The number of hydrogen-bond donors (Lipinski definition) is 2. The molecule has 2 N–H and O–H groups in total. The van der Waals surface area contributed by atoms with Crippen LogP contribution in [-0.4, -0.2) is 20.9 Å². The van der Waals surface area contributed by atoms with Gasteiger partial charge in [-0.2, -0.15) is 0 Å². The normalized spacial score (nSPS) is 11.0. The van der Waals surface area contributed by atoms with Gasteiger partial charge in [0.05, 0.1) is 17.2 Å². The molecule has 0 aliphatic carbocycles. The highest BCUT2D eigenvalue weighted by Gasteiger charge is 2.16. The monoisotopic (exact) mass is 424 g/mol. The van der Waals surface area contributed by atoms with E-state index in [4.69, 9.17) is 4.74 Å². The Balaban J connectivity index is 1.65. The summed E-state index contributed by atoms with van der Waals surface area (Å²) >= 11 is 0. The van der Waals surface area contributed by atoms with Crippen LogP contribution in [0.1, 0.15) is 28.4 Å². The smallest absolute Gasteiger partial charge is 0.261 e. The van der Waals surface area contributed by atoms with Crippen molar-refractivity contribution in [2.45, 2.75) is 25.3 Å². The van der Waals surface area contributed by atoms with Gasteiger partial charge in [-0.25, -0.2) is 8.42 Å². The van der Waals surface area contributed by atoms with E-state index in [1.54, 1.807) is 12.1 Å². The summed E-state index contributed by atoms with van der Waals surface area (Å²) in [5.41, 5.74) is 2.64. The Labute approximate surface area is 177 Å². The van der Waals surface area contributed by atoms with Crippen LogP contribution in [0.3, 0.4) is 0 Å². The molecule has 0 unspecified atom stereocenters. The molecule has 7 heteroatoms. The minimum atomic E-state index is -3.74. The van der Waals surface area contributed by atoms with Crippen LogP contribution in [0, 0.1) is 6.92 Å². The molecule has 0 radical (unpaired) electrons. The minimum Gasteiger partial charge on any atom is -0.494 e. The molecule has 30 heavy (non-hydrogen) atoms. The molecule has 0 aliphatic heterocycles. The standard InChI is InChI=1S/C23H24N2O4S/c1-3-29-20-9-6-8-18(15-20)16-24-23(26)19-11-13-21(14-12-19)30(27,28)25-22-10-5-4-7-17(22)2/h4-15,25H,3,16H2,1-2H3,(H,24,26). The first-order valence-electron chi connectivity index (χ1n) is 9.57. The fraction of sp³-hybridized carbons (Fsp3) is 0.174. The van der Waals surface area contributed by atoms with Crippen molar-refractivity contribution in [1.82, 2.24) is 5.32 Å². The Hall–Kier alpha value is -3.32. The third-order valence-corrected chi connectivity index (χ3v) is 5.86. The number of hydrogen-bond acceptors (Lipinski definition) is 4. The molecule has 3 rings (SSSR count). The number of ether oxygens (including phenoxy) is 1. The summed E-state index contributed by atoms with van der Waals surface area (Å²) in [6, 6.07) is 20.5. The number of aryl methyl sites for hydroxylation is 1. The topological polar surface area (TPSA) is 84.5 Å². The average Bonchev–Trinajstić information content (AvgIpc) is 2.74. The first-order chi connectivity index (χ1) is 14.4. The van der Waals surface area contributed by atoms with Gasteiger partial charge in [-0.05, 0) is 67.4 Å². The molecule has 0 aromatic heterocycles. The Morgan fingerprint density at radius 1 is 0.967 bits per heavy atom. The van der Waals surface area contributed by atoms with Gasteiger partial charge < -0.3 is 10.1 Å². The van der Waals surface area contributed by atoms with E-state index in [2.05, 4.69) is 10.0 Å². The number of benzene rings is 3. The van der Waals surface area contributed by atoms with Crippen molar-refractivity contribution in [3.63, 3.8) is 0 Å². The lowest BCUT2D eigenvalue weighted by Crippen LogP contribution is -2.23. The summed E-state index contributed by atoms with van der Waals surface area (Å²) in [4.78, 5) is 12.5. The molecule has 156 valence electrons. The van der Waals surface area contributed by atoms with Crippen LogP contribution < -0.4 is 14.8 Å². The van der Waals surface area contributed by atoms with Gasteiger partial charge in [0.25, 0.3) is 15.9 Å². The molecule has 0 heterocycles.